The summed E-state index contributed by atoms with van der Waals surface area (Å²) in [6.45, 7) is 1.64. The van der Waals surface area contributed by atoms with E-state index >= 15 is 0 Å². The first-order valence-electron chi connectivity index (χ1n) is 3.90. The maximum absolute atomic E-state index is 9.17. The summed E-state index contributed by atoms with van der Waals surface area (Å²) in [5, 5.41) is 12.2. The normalized spacial score (nSPS) is 13.9. The zero-order valence-corrected chi connectivity index (χ0v) is 8.05. The number of nitrogens with one attached hydrogen (secondary N) is 1. The second kappa shape index (κ2) is 9.00. The van der Waals surface area contributed by atoms with E-state index in [0.717, 1.165) is 6.54 Å². The number of ether oxygens (including phenoxy) is 1. The predicted octanol–water partition coefficient (Wildman–Crippen LogP) is 0.378. The molecule has 0 amide bonds. The molecular weight excluding hydrogens is 178 g/mol. The van der Waals surface area contributed by atoms with Crippen molar-refractivity contribution in [1.82, 2.24) is 5.32 Å². The number of allylic oxidation sites excluding steroid dienone is 1. The first kappa shape index (κ1) is 11.9. The maximum Gasteiger partial charge on any atom is 0.0897 e. The Morgan fingerprint density at radius 2 is 2.33 bits per heavy atom. The molecule has 72 valence electrons. The molecule has 0 aliphatic heterocycles. The molecule has 0 aromatic heterocycles. The number of halogens is 1. The van der Waals surface area contributed by atoms with E-state index in [9.17, 15) is 0 Å². The molecule has 4 heteroatoms. The van der Waals surface area contributed by atoms with Crippen molar-refractivity contribution in [3.63, 3.8) is 0 Å². The molecule has 3 nitrogen and oxygen atoms in total. The van der Waals surface area contributed by atoms with Gasteiger partial charge < -0.3 is 15.2 Å². The molecule has 0 spiro atoms. The van der Waals surface area contributed by atoms with Crippen LogP contribution in [0.25, 0.3) is 0 Å². The van der Waals surface area contributed by atoms with Gasteiger partial charge in [-0.2, -0.15) is 0 Å². The van der Waals surface area contributed by atoms with Crippen LogP contribution in [-0.2, 0) is 4.74 Å². The van der Waals surface area contributed by atoms with Gasteiger partial charge in [0.25, 0.3) is 0 Å². The highest BCUT2D eigenvalue weighted by Crippen LogP contribution is 1.81. The number of alkyl halides is 1. The predicted molar refractivity (Wildman–Crippen MR) is 50.6 cm³/mol. The molecule has 1 atom stereocenters. The SMILES string of the molecule is COCC(O)CNC/C=C/CCl. The number of aliphatic hydroxyl groups is 1. The number of hydrogen-bond acceptors (Lipinski definition) is 3. The Kier molecular flexibility index (Phi) is 8.93. The average Bonchev–Trinajstić information content (AvgIpc) is 2.05. The highest BCUT2D eigenvalue weighted by Gasteiger charge is 1.99. The second-order valence-electron chi connectivity index (χ2n) is 2.39. The van der Waals surface area contributed by atoms with Crippen LogP contribution in [0.1, 0.15) is 0 Å². The minimum atomic E-state index is -0.431. The van der Waals surface area contributed by atoms with Gasteiger partial charge in [0.2, 0.25) is 0 Å². The van der Waals surface area contributed by atoms with Crippen molar-refractivity contribution in [3.8, 4) is 0 Å². The van der Waals surface area contributed by atoms with E-state index in [1.807, 2.05) is 12.2 Å². The molecule has 0 aliphatic carbocycles. The molecule has 0 radical (unpaired) electrons. The number of aliphatic hydroxyl groups excluding tert-OH is 1. The van der Waals surface area contributed by atoms with Crippen molar-refractivity contribution < 1.29 is 9.84 Å². The van der Waals surface area contributed by atoms with Crippen LogP contribution in [-0.4, -0.2) is 43.9 Å². The minimum Gasteiger partial charge on any atom is -0.389 e. The third-order valence-corrected chi connectivity index (χ3v) is 1.44. The van der Waals surface area contributed by atoms with E-state index in [2.05, 4.69) is 5.32 Å². The van der Waals surface area contributed by atoms with Gasteiger partial charge >= 0.3 is 0 Å². The molecule has 0 bridgehead atoms. The molecule has 0 heterocycles. The van der Waals surface area contributed by atoms with Crippen LogP contribution in [0.3, 0.4) is 0 Å². The van der Waals surface area contributed by atoms with Crippen molar-refractivity contribution in [2.45, 2.75) is 6.10 Å². The van der Waals surface area contributed by atoms with Crippen LogP contribution < -0.4 is 5.32 Å². The lowest BCUT2D eigenvalue weighted by molar-refractivity contribution is 0.0652. The first-order valence-corrected chi connectivity index (χ1v) is 4.43. The van der Waals surface area contributed by atoms with Gasteiger partial charge in [0.05, 0.1) is 12.7 Å². The van der Waals surface area contributed by atoms with E-state index in [4.69, 9.17) is 21.4 Å². The molecule has 0 aromatic carbocycles. The first-order chi connectivity index (χ1) is 5.81. The number of methoxy groups -OCH3 is 1. The summed E-state index contributed by atoms with van der Waals surface area (Å²) >= 11 is 5.41. The molecule has 0 rings (SSSR count). The Morgan fingerprint density at radius 1 is 1.58 bits per heavy atom. The third-order valence-electron chi connectivity index (χ3n) is 1.26. The van der Waals surface area contributed by atoms with Gasteiger partial charge in [-0.25, -0.2) is 0 Å². The molecule has 2 N–H and O–H groups in total. The van der Waals surface area contributed by atoms with E-state index in [-0.39, 0.29) is 0 Å². The van der Waals surface area contributed by atoms with E-state index < -0.39 is 6.10 Å². The summed E-state index contributed by atoms with van der Waals surface area (Å²) in [5.74, 6) is 0.530. The Bertz CT molecular complexity index is 120. The van der Waals surface area contributed by atoms with Crippen molar-refractivity contribution >= 4 is 11.6 Å². The van der Waals surface area contributed by atoms with Crippen LogP contribution >= 0.6 is 11.6 Å². The smallest absolute Gasteiger partial charge is 0.0897 e. The van der Waals surface area contributed by atoms with Crippen molar-refractivity contribution in [1.29, 1.82) is 0 Å². The lowest BCUT2D eigenvalue weighted by atomic mass is 10.4. The summed E-state index contributed by atoms with van der Waals surface area (Å²) in [6, 6.07) is 0. The van der Waals surface area contributed by atoms with Crippen LogP contribution in [0.15, 0.2) is 12.2 Å². The lowest BCUT2D eigenvalue weighted by Crippen LogP contribution is -2.30. The summed E-state index contributed by atoms with van der Waals surface area (Å²) in [7, 11) is 1.57. The highest BCUT2D eigenvalue weighted by atomic mass is 35.5. The second-order valence-corrected chi connectivity index (χ2v) is 2.70. The van der Waals surface area contributed by atoms with Crippen molar-refractivity contribution in [2.24, 2.45) is 0 Å². The number of rotatable bonds is 7. The Morgan fingerprint density at radius 3 is 2.92 bits per heavy atom. The van der Waals surface area contributed by atoms with Gasteiger partial charge in [-0.05, 0) is 0 Å². The van der Waals surface area contributed by atoms with Crippen LogP contribution in [0, 0.1) is 0 Å². The van der Waals surface area contributed by atoms with Crippen LogP contribution in [0.4, 0.5) is 0 Å². The summed E-state index contributed by atoms with van der Waals surface area (Å²) < 4.78 is 4.75. The van der Waals surface area contributed by atoms with Gasteiger partial charge in [0.1, 0.15) is 0 Å². The van der Waals surface area contributed by atoms with Crippen LogP contribution in [0.2, 0.25) is 0 Å². The summed E-state index contributed by atoms with van der Waals surface area (Å²) in [6.07, 6.45) is 3.35. The minimum absolute atomic E-state index is 0.367. The molecule has 0 saturated heterocycles. The average molecular weight is 194 g/mol. The Labute approximate surface area is 78.4 Å². The van der Waals surface area contributed by atoms with E-state index in [1.165, 1.54) is 0 Å². The fraction of sp³-hybridized carbons (Fsp3) is 0.750. The van der Waals surface area contributed by atoms with E-state index in [1.54, 1.807) is 7.11 Å². The van der Waals surface area contributed by atoms with Gasteiger partial charge in [-0.3, -0.25) is 0 Å². The number of hydrogen-bond donors (Lipinski definition) is 2. The molecule has 0 saturated carbocycles. The summed E-state index contributed by atoms with van der Waals surface area (Å²) in [4.78, 5) is 0. The zero-order chi connectivity index (χ0) is 9.23. The van der Waals surface area contributed by atoms with Crippen molar-refractivity contribution in [2.75, 3.05) is 32.7 Å². The Hall–Kier alpha value is -0.0900. The summed E-state index contributed by atoms with van der Waals surface area (Å²) in [5.41, 5.74) is 0. The van der Waals surface area contributed by atoms with Gasteiger partial charge in [0, 0.05) is 26.1 Å². The molecule has 1 unspecified atom stereocenters. The fourth-order valence-electron chi connectivity index (χ4n) is 0.731. The van der Waals surface area contributed by atoms with Gasteiger partial charge in [-0.1, -0.05) is 12.2 Å². The molecule has 0 fully saturated rings. The highest BCUT2D eigenvalue weighted by molar-refractivity contribution is 6.18. The molecular formula is C8H16ClNO2. The fourth-order valence-corrected chi connectivity index (χ4v) is 0.857. The zero-order valence-electron chi connectivity index (χ0n) is 7.29. The molecule has 0 aromatic rings. The maximum atomic E-state index is 9.17. The Balaban J connectivity index is 3.13. The van der Waals surface area contributed by atoms with Crippen molar-refractivity contribution in [3.05, 3.63) is 12.2 Å². The third kappa shape index (κ3) is 8.01. The largest absolute Gasteiger partial charge is 0.389 e. The van der Waals surface area contributed by atoms with Crippen LogP contribution in [0.5, 0.6) is 0 Å². The quantitative estimate of drug-likeness (QED) is 0.349. The topological polar surface area (TPSA) is 41.5 Å². The monoisotopic (exact) mass is 193 g/mol. The van der Waals surface area contributed by atoms with Gasteiger partial charge in [-0.15, -0.1) is 11.6 Å². The standard InChI is InChI=1S/C8H16ClNO2/c1-12-7-8(11)6-10-5-3-2-4-9/h2-3,8,10-11H,4-7H2,1H3/b3-2+. The molecule has 0 aliphatic rings. The molecule has 12 heavy (non-hydrogen) atoms. The van der Waals surface area contributed by atoms with E-state index in [0.29, 0.717) is 19.0 Å². The lowest BCUT2D eigenvalue weighted by Gasteiger charge is -2.08. The van der Waals surface area contributed by atoms with Gasteiger partial charge in [0.15, 0.2) is 0 Å².